The smallest absolute Gasteiger partial charge is 0.305 e. The largest absolute Gasteiger partial charge is 0.428 e. The van der Waals surface area contributed by atoms with E-state index < -0.39 is 11.8 Å². The van der Waals surface area contributed by atoms with Gasteiger partial charge >= 0.3 is 5.97 Å². The number of epoxide rings is 1. The van der Waals surface area contributed by atoms with Crippen LogP contribution in [0, 0.1) is 0 Å². The van der Waals surface area contributed by atoms with E-state index in [1.165, 1.54) is 6.92 Å². The van der Waals surface area contributed by atoms with Gasteiger partial charge in [-0.15, -0.1) is 0 Å². The van der Waals surface area contributed by atoms with Crippen LogP contribution < -0.4 is 0 Å². The fourth-order valence-corrected chi connectivity index (χ4v) is 0.525. The van der Waals surface area contributed by atoms with E-state index in [1.807, 2.05) is 0 Å². The van der Waals surface area contributed by atoms with Crippen LogP contribution in [0.25, 0.3) is 0 Å². The summed E-state index contributed by atoms with van der Waals surface area (Å²) < 4.78 is 9.25. The van der Waals surface area contributed by atoms with Crippen LogP contribution in [0.5, 0.6) is 0 Å². The van der Waals surface area contributed by atoms with Crippen LogP contribution in [0.3, 0.4) is 0 Å². The molecular formula is C5H8O4. The van der Waals surface area contributed by atoms with Crippen LogP contribution in [-0.2, 0) is 14.3 Å². The molecule has 1 heterocycles. The number of aliphatic hydroxyl groups is 1. The minimum absolute atomic E-state index is 0.257. The zero-order chi connectivity index (χ0) is 6.91. The second kappa shape index (κ2) is 1.97. The van der Waals surface area contributed by atoms with Crippen molar-refractivity contribution in [3.63, 3.8) is 0 Å². The molecule has 0 aromatic heterocycles. The molecule has 1 saturated heterocycles. The minimum Gasteiger partial charge on any atom is -0.428 e. The van der Waals surface area contributed by atoms with Crippen LogP contribution in [0.2, 0.25) is 0 Å². The van der Waals surface area contributed by atoms with Crippen molar-refractivity contribution in [2.75, 3.05) is 13.2 Å². The average Bonchev–Trinajstić information content (AvgIpc) is 2.48. The molecule has 0 aliphatic carbocycles. The topological polar surface area (TPSA) is 59.1 Å². The number of rotatable bonds is 2. The molecule has 1 rings (SSSR count). The first-order valence-corrected chi connectivity index (χ1v) is 2.63. The average molecular weight is 132 g/mol. The number of esters is 1. The van der Waals surface area contributed by atoms with Crippen molar-refractivity contribution in [1.29, 1.82) is 0 Å². The van der Waals surface area contributed by atoms with Crippen molar-refractivity contribution in [3.8, 4) is 0 Å². The van der Waals surface area contributed by atoms with E-state index >= 15 is 0 Å². The Bertz CT molecular complexity index is 127. The lowest BCUT2D eigenvalue weighted by Crippen LogP contribution is -2.23. The number of hydrogen-bond acceptors (Lipinski definition) is 4. The first kappa shape index (κ1) is 6.51. The lowest BCUT2D eigenvalue weighted by Gasteiger charge is -2.06. The van der Waals surface area contributed by atoms with Crippen molar-refractivity contribution in [1.82, 2.24) is 0 Å². The number of carbonyl (C=O) groups excluding carboxylic acids is 1. The molecule has 9 heavy (non-hydrogen) atoms. The second-order valence-corrected chi connectivity index (χ2v) is 1.95. The van der Waals surface area contributed by atoms with Crippen molar-refractivity contribution in [3.05, 3.63) is 0 Å². The zero-order valence-corrected chi connectivity index (χ0v) is 5.09. The third kappa shape index (κ3) is 1.40. The molecule has 0 aromatic rings. The number of aliphatic hydroxyl groups excluding tert-OH is 1. The lowest BCUT2D eigenvalue weighted by molar-refractivity contribution is -0.160. The summed E-state index contributed by atoms with van der Waals surface area (Å²) in [7, 11) is 0. The van der Waals surface area contributed by atoms with Gasteiger partial charge in [0.15, 0.2) is 0 Å². The minimum atomic E-state index is -0.980. The van der Waals surface area contributed by atoms with Gasteiger partial charge in [0.1, 0.15) is 13.2 Å². The van der Waals surface area contributed by atoms with Crippen molar-refractivity contribution >= 4 is 5.97 Å². The molecule has 0 aromatic carbocycles. The summed E-state index contributed by atoms with van der Waals surface area (Å²) in [5.41, 5.74) is 0. The summed E-state index contributed by atoms with van der Waals surface area (Å²) in [5.74, 6) is -1.41. The van der Waals surface area contributed by atoms with Gasteiger partial charge in [0, 0.05) is 6.92 Å². The molecule has 0 saturated carbocycles. The normalized spacial score (nSPS) is 31.8. The Morgan fingerprint density at radius 1 is 2.00 bits per heavy atom. The number of ether oxygens (including phenoxy) is 2. The van der Waals surface area contributed by atoms with Gasteiger partial charge < -0.3 is 14.6 Å². The first-order valence-electron chi connectivity index (χ1n) is 2.63. The molecule has 52 valence electrons. The van der Waals surface area contributed by atoms with Gasteiger partial charge in [0.25, 0.3) is 5.79 Å². The predicted octanol–water partition coefficient (Wildman–Crippen LogP) is -0.732. The maximum absolute atomic E-state index is 10.2. The Morgan fingerprint density at radius 2 is 2.56 bits per heavy atom. The van der Waals surface area contributed by atoms with E-state index in [2.05, 4.69) is 9.47 Å². The quantitative estimate of drug-likeness (QED) is 0.397. The van der Waals surface area contributed by atoms with E-state index in [-0.39, 0.29) is 6.61 Å². The molecule has 4 nitrogen and oxygen atoms in total. The highest BCUT2D eigenvalue weighted by Gasteiger charge is 2.48. The second-order valence-electron chi connectivity index (χ2n) is 1.95. The Kier molecular flexibility index (Phi) is 1.42. The van der Waals surface area contributed by atoms with Crippen LogP contribution >= 0.6 is 0 Å². The molecule has 0 spiro atoms. The number of carbonyl (C=O) groups is 1. The summed E-state index contributed by atoms with van der Waals surface area (Å²) in [6, 6.07) is 0. The summed E-state index contributed by atoms with van der Waals surface area (Å²) in [6.07, 6.45) is 0. The molecule has 1 atom stereocenters. The maximum atomic E-state index is 10.2. The molecule has 1 fully saturated rings. The van der Waals surface area contributed by atoms with E-state index in [0.29, 0.717) is 6.61 Å². The fraction of sp³-hybridized carbons (Fsp3) is 0.800. The summed E-state index contributed by atoms with van der Waals surface area (Å²) in [5, 5.41) is 8.50. The lowest BCUT2D eigenvalue weighted by atomic mass is 10.4. The predicted molar refractivity (Wildman–Crippen MR) is 27.5 cm³/mol. The Labute approximate surface area is 52.4 Å². The van der Waals surface area contributed by atoms with Gasteiger partial charge in [-0.3, -0.25) is 4.79 Å². The van der Waals surface area contributed by atoms with E-state index in [9.17, 15) is 4.79 Å². The highest BCUT2D eigenvalue weighted by Crippen LogP contribution is 2.27. The standard InChI is InChI=1S/C5H8O4/c1-4(7)9-5(2-6)3-8-5/h6H,2-3H2,1H3/t5-/m0/s1. The van der Waals surface area contributed by atoms with E-state index in [1.54, 1.807) is 0 Å². The van der Waals surface area contributed by atoms with Gasteiger partial charge in [-0.1, -0.05) is 0 Å². The Balaban J connectivity index is 2.33. The highest BCUT2D eigenvalue weighted by molar-refractivity contribution is 5.66. The monoisotopic (exact) mass is 132 g/mol. The summed E-state index contributed by atoms with van der Waals surface area (Å²) in [6.45, 7) is 1.33. The first-order chi connectivity index (χ1) is 4.18. The molecule has 1 aliphatic rings. The van der Waals surface area contributed by atoms with Crippen LogP contribution in [0.4, 0.5) is 0 Å². The SMILES string of the molecule is CC(=O)O[C@@]1(CO)CO1. The van der Waals surface area contributed by atoms with E-state index in [4.69, 9.17) is 5.11 Å². The van der Waals surface area contributed by atoms with Gasteiger partial charge in [0.2, 0.25) is 0 Å². The molecule has 1 N–H and O–H groups in total. The molecule has 1 aliphatic heterocycles. The maximum Gasteiger partial charge on any atom is 0.305 e. The third-order valence-electron chi connectivity index (χ3n) is 1.04. The van der Waals surface area contributed by atoms with Gasteiger partial charge in [0.05, 0.1) is 0 Å². The third-order valence-corrected chi connectivity index (χ3v) is 1.04. The van der Waals surface area contributed by atoms with Crippen molar-refractivity contribution in [2.24, 2.45) is 0 Å². The molecule has 4 heteroatoms. The molecular weight excluding hydrogens is 124 g/mol. The van der Waals surface area contributed by atoms with Crippen LogP contribution in [0.1, 0.15) is 6.92 Å². The molecule has 0 radical (unpaired) electrons. The Hall–Kier alpha value is -0.610. The van der Waals surface area contributed by atoms with Crippen LogP contribution in [0.15, 0.2) is 0 Å². The Morgan fingerprint density at radius 3 is 2.67 bits per heavy atom. The van der Waals surface area contributed by atoms with Crippen molar-refractivity contribution in [2.45, 2.75) is 12.7 Å². The van der Waals surface area contributed by atoms with Gasteiger partial charge in [-0.25, -0.2) is 0 Å². The van der Waals surface area contributed by atoms with Crippen molar-refractivity contribution < 1.29 is 19.4 Å². The highest BCUT2D eigenvalue weighted by atomic mass is 16.8. The molecule has 0 amide bonds. The van der Waals surface area contributed by atoms with E-state index in [0.717, 1.165) is 0 Å². The fourth-order valence-electron chi connectivity index (χ4n) is 0.525. The van der Waals surface area contributed by atoms with Gasteiger partial charge in [-0.05, 0) is 0 Å². The van der Waals surface area contributed by atoms with Gasteiger partial charge in [-0.2, -0.15) is 0 Å². The molecule has 0 unspecified atom stereocenters. The number of hydrogen-bond donors (Lipinski definition) is 1. The molecule has 0 bridgehead atoms. The zero-order valence-electron chi connectivity index (χ0n) is 5.09. The summed E-state index contributed by atoms with van der Waals surface area (Å²) in [4.78, 5) is 10.2. The van der Waals surface area contributed by atoms with Crippen LogP contribution in [-0.4, -0.2) is 30.1 Å². The summed E-state index contributed by atoms with van der Waals surface area (Å²) >= 11 is 0.